The van der Waals surface area contributed by atoms with Crippen molar-refractivity contribution in [1.29, 1.82) is 0 Å². The second-order valence-electron chi connectivity index (χ2n) is 4.98. The highest BCUT2D eigenvalue weighted by atomic mass is 32.2. The average molecular weight is 340 g/mol. The molecule has 2 heterocycles. The molecule has 0 atom stereocenters. The number of halogens is 2. The Labute approximate surface area is 121 Å². The van der Waals surface area contributed by atoms with Crippen LogP contribution in [0, 0.1) is 12.8 Å². The molecule has 21 heavy (non-hydrogen) atoms. The summed E-state index contributed by atoms with van der Waals surface area (Å²) in [5, 5.41) is 0. The van der Waals surface area contributed by atoms with Crippen LogP contribution in [0.2, 0.25) is 0 Å². The summed E-state index contributed by atoms with van der Waals surface area (Å²) in [7, 11) is -8.21. The normalized spacial score (nSPS) is 17.9. The van der Waals surface area contributed by atoms with E-state index in [2.05, 4.69) is 4.98 Å². The van der Waals surface area contributed by atoms with Crippen molar-refractivity contribution in [1.82, 2.24) is 9.29 Å². The topological polar surface area (TPSA) is 84.4 Å². The SMILES string of the molecule is Cc1cncc(S(=O)(=O)N2CC(CS(=O)(=O)C(F)F)C2)c1. The maximum Gasteiger partial charge on any atom is 0.336 e. The van der Waals surface area contributed by atoms with E-state index in [1.165, 1.54) is 18.5 Å². The largest absolute Gasteiger partial charge is 0.336 e. The Kier molecular flexibility index (Phi) is 4.31. The fourth-order valence-corrected chi connectivity index (χ4v) is 4.70. The minimum absolute atomic E-state index is 0.0117. The summed E-state index contributed by atoms with van der Waals surface area (Å²) < 4.78 is 72.1. The summed E-state index contributed by atoms with van der Waals surface area (Å²) in [4.78, 5) is 3.80. The van der Waals surface area contributed by atoms with E-state index in [0.29, 0.717) is 5.56 Å². The fourth-order valence-electron chi connectivity index (χ4n) is 2.04. The number of aryl methyl sites for hydroxylation is 1. The molecule has 1 aromatic heterocycles. The van der Waals surface area contributed by atoms with Crippen LogP contribution in [-0.4, -0.2) is 50.7 Å². The number of alkyl halides is 2. The van der Waals surface area contributed by atoms with Gasteiger partial charge in [0.15, 0.2) is 0 Å². The van der Waals surface area contributed by atoms with Crippen LogP contribution >= 0.6 is 0 Å². The van der Waals surface area contributed by atoms with E-state index in [0.717, 1.165) is 4.31 Å². The number of sulfonamides is 1. The first-order valence-electron chi connectivity index (χ1n) is 6.04. The number of nitrogens with zero attached hydrogens (tertiary/aromatic N) is 2. The van der Waals surface area contributed by atoms with Gasteiger partial charge in [-0.3, -0.25) is 4.98 Å². The second-order valence-corrected chi connectivity index (χ2v) is 8.93. The summed E-state index contributed by atoms with van der Waals surface area (Å²) in [6.45, 7) is 1.53. The third-order valence-electron chi connectivity index (χ3n) is 3.15. The Morgan fingerprint density at radius 1 is 1.29 bits per heavy atom. The third kappa shape index (κ3) is 3.38. The average Bonchev–Trinajstić information content (AvgIpc) is 2.33. The summed E-state index contributed by atoms with van der Waals surface area (Å²) in [5.74, 6) is -4.73. The standard InChI is InChI=1S/C11H14F2N2O4S2/c1-8-2-10(4-14-3-8)21(18,19)15-5-9(6-15)7-20(16,17)11(12)13/h2-4,9,11H,5-7H2,1H3. The molecule has 0 amide bonds. The molecule has 6 nitrogen and oxygen atoms in total. The zero-order valence-corrected chi connectivity index (χ0v) is 12.7. The van der Waals surface area contributed by atoms with Gasteiger partial charge in [-0.15, -0.1) is 0 Å². The molecule has 10 heteroatoms. The van der Waals surface area contributed by atoms with Gasteiger partial charge in [0, 0.05) is 31.4 Å². The van der Waals surface area contributed by atoms with Crippen molar-refractivity contribution in [2.45, 2.75) is 17.6 Å². The molecular formula is C11H14F2N2O4S2. The maximum absolute atomic E-state index is 12.2. The van der Waals surface area contributed by atoms with Gasteiger partial charge in [-0.25, -0.2) is 16.8 Å². The zero-order chi connectivity index (χ0) is 15.8. The molecule has 1 aliphatic rings. The Morgan fingerprint density at radius 3 is 2.43 bits per heavy atom. The molecule has 118 valence electrons. The minimum Gasteiger partial charge on any atom is -0.263 e. The highest BCUT2D eigenvalue weighted by molar-refractivity contribution is 7.91. The first kappa shape index (κ1) is 16.2. The van der Waals surface area contributed by atoms with Gasteiger partial charge in [0.05, 0.1) is 5.75 Å². The lowest BCUT2D eigenvalue weighted by atomic mass is 10.1. The van der Waals surface area contributed by atoms with Gasteiger partial charge in [0.25, 0.3) is 0 Å². The van der Waals surface area contributed by atoms with E-state index in [4.69, 9.17) is 0 Å². The molecule has 0 N–H and O–H groups in total. The number of aromatic nitrogens is 1. The van der Waals surface area contributed by atoms with Crippen LogP contribution in [0.5, 0.6) is 0 Å². The number of sulfone groups is 1. The van der Waals surface area contributed by atoms with Crippen molar-refractivity contribution in [3.8, 4) is 0 Å². The lowest BCUT2D eigenvalue weighted by molar-refractivity contribution is 0.208. The van der Waals surface area contributed by atoms with Gasteiger partial charge in [0.2, 0.25) is 19.9 Å². The smallest absolute Gasteiger partial charge is 0.263 e. The first-order valence-corrected chi connectivity index (χ1v) is 9.20. The van der Waals surface area contributed by atoms with Crippen molar-refractivity contribution in [3.05, 3.63) is 24.0 Å². The highest BCUT2D eigenvalue weighted by Gasteiger charge is 2.40. The van der Waals surface area contributed by atoms with Crippen LogP contribution < -0.4 is 0 Å². The van der Waals surface area contributed by atoms with Crippen LogP contribution in [0.1, 0.15) is 5.56 Å². The lowest BCUT2D eigenvalue weighted by Gasteiger charge is -2.37. The van der Waals surface area contributed by atoms with E-state index in [-0.39, 0.29) is 18.0 Å². The van der Waals surface area contributed by atoms with Crippen molar-refractivity contribution in [2.24, 2.45) is 5.92 Å². The van der Waals surface area contributed by atoms with Gasteiger partial charge >= 0.3 is 5.76 Å². The summed E-state index contributed by atoms with van der Waals surface area (Å²) in [6, 6.07) is 1.45. The Hall–Kier alpha value is -1.13. The molecule has 0 unspecified atom stereocenters. The lowest BCUT2D eigenvalue weighted by Crippen LogP contribution is -2.52. The van der Waals surface area contributed by atoms with E-state index in [9.17, 15) is 25.6 Å². The zero-order valence-electron chi connectivity index (χ0n) is 11.1. The van der Waals surface area contributed by atoms with Crippen molar-refractivity contribution in [3.63, 3.8) is 0 Å². The summed E-state index contributed by atoms with van der Waals surface area (Å²) in [5.41, 5.74) is 0.674. The quantitative estimate of drug-likeness (QED) is 0.786. The fraction of sp³-hybridized carbons (Fsp3) is 0.545. The number of rotatable bonds is 5. The first-order chi connectivity index (χ1) is 9.63. The molecule has 2 rings (SSSR count). The van der Waals surface area contributed by atoms with Crippen molar-refractivity contribution < 1.29 is 25.6 Å². The van der Waals surface area contributed by atoms with Gasteiger partial charge in [0.1, 0.15) is 4.90 Å². The van der Waals surface area contributed by atoms with E-state index < -0.39 is 37.3 Å². The Balaban J connectivity index is 2.04. The molecule has 0 aliphatic carbocycles. The van der Waals surface area contributed by atoms with Crippen LogP contribution in [0.4, 0.5) is 8.78 Å². The molecule has 1 saturated heterocycles. The Morgan fingerprint density at radius 2 is 1.90 bits per heavy atom. The van der Waals surface area contributed by atoms with Gasteiger partial charge in [-0.05, 0) is 18.6 Å². The molecule has 1 aromatic rings. The highest BCUT2D eigenvalue weighted by Crippen LogP contribution is 2.27. The van der Waals surface area contributed by atoms with Crippen LogP contribution in [0.15, 0.2) is 23.4 Å². The van der Waals surface area contributed by atoms with Gasteiger partial charge in [-0.1, -0.05) is 0 Å². The van der Waals surface area contributed by atoms with Gasteiger partial charge < -0.3 is 0 Å². The predicted molar refractivity (Wildman–Crippen MR) is 71.0 cm³/mol. The number of pyridine rings is 1. The number of hydrogen-bond acceptors (Lipinski definition) is 5. The van der Waals surface area contributed by atoms with Crippen molar-refractivity contribution in [2.75, 3.05) is 18.8 Å². The van der Waals surface area contributed by atoms with Crippen LogP contribution in [0.3, 0.4) is 0 Å². The molecule has 1 fully saturated rings. The molecule has 1 aliphatic heterocycles. The van der Waals surface area contributed by atoms with Crippen molar-refractivity contribution >= 4 is 19.9 Å². The van der Waals surface area contributed by atoms with Crippen LogP contribution in [-0.2, 0) is 19.9 Å². The summed E-state index contributed by atoms with van der Waals surface area (Å²) in [6.07, 6.45) is 2.71. The summed E-state index contributed by atoms with van der Waals surface area (Å²) >= 11 is 0. The van der Waals surface area contributed by atoms with E-state index in [1.807, 2.05) is 0 Å². The molecule has 0 saturated carbocycles. The molecule has 0 radical (unpaired) electrons. The van der Waals surface area contributed by atoms with E-state index >= 15 is 0 Å². The third-order valence-corrected chi connectivity index (χ3v) is 6.43. The molecular weight excluding hydrogens is 326 g/mol. The van der Waals surface area contributed by atoms with Crippen LogP contribution in [0.25, 0.3) is 0 Å². The molecule has 0 aromatic carbocycles. The number of hydrogen-bond donors (Lipinski definition) is 0. The maximum atomic E-state index is 12.2. The van der Waals surface area contributed by atoms with Gasteiger partial charge in [-0.2, -0.15) is 13.1 Å². The molecule has 0 bridgehead atoms. The molecule has 0 spiro atoms. The Bertz CT molecular complexity index is 728. The minimum atomic E-state index is -4.47. The van der Waals surface area contributed by atoms with E-state index in [1.54, 1.807) is 6.92 Å². The second kappa shape index (κ2) is 5.58. The monoisotopic (exact) mass is 340 g/mol. The predicted octanol–water partition coefficient (Wildman–Crippen LogP) is 0.648.